The number of Topliss-reactive ketones (excluding diaryl/α,β-unsaturated/α-hetero) is 1. The number of hydrogen-bond donors (Lipinski definition) is 0. The zero-order valence-electron chi connectivity index (χ0n) is 11.4. The molecule has 3 nitrogen and oxygen atoms in total. The minimum absolute atomic E-state index is 0.0629. The quantitative estimate of drug-likeness (QED) is 0.780. The summed E-state index contributed by atoms with van der Waals surface area (Å²) in [5.41, 5.74) is 2.39. The van der Waals surface area contributed by atoms with Gasteiger partial charge in [-0.05, 0) is 24.7 Å². The number of nitrogens with zero attached hydrogens (tertiary/aromatic N) is 2. The maximum atomic E-state index is 12.1. The molecule has 3 heteroatoms. The molecule has 0 radical (unpaired) electrons. The van der Waals surface area contributed by atoms with Gasteiger partial charge in [-0.1, -0.05) is 42.5 Å². The van der Waals surface area contributed by atoms with Crippen LogP contribution in [0.15, 0.2) is 54.6 Å². The molecular formula is C17H16N2O. The first-order chi connectivity index (χ1) is 9.69. The van der Waals surface area contributed by atoms with E-state index in [0.717, 1.165) is 6.54 Å². The number of likely N-dealkylation sites (N-methyl/N-ethyl adjacent to an activating group) is 1. The van der Waals surface area contributed by atoms with Crippen molar-refractivity contribution in [3.8, 4) is 6.07 Å². The van der Waals surface area contributed by atoms with Crippen LogP contribution in [-0.4, -0.2) is 24.3 Å². The molecule has 20 heavy (non-hydrogen) atoms. The van der Waals surface area contributed by atoms with Crippen molar-refractivity contribution < 1.29 is 4.79 Å². The van der Waals surface area contributed by atoms with E-state index in [9.17, 15) is 4.79 Å². The van der Waals surface area contributed by atoms with Crippen LogP contribution < -0.4 is 0 Å². The van der Waals surface area contributed by atoms with Gasteiger partial charge < -0.3 is 0 Å². The van der Waals surface area contributed by atoms with Gasteiger partial charge in [0.15, 0.2) is 5.78 Å². The van der Waals surface area contributed by atoms with Gasteiger partial charge in [-0.25, -0.2) is 0 Å². The molecule has 0 heterocycles. The van der Waals surface area contributed by atoms with E-state index in [2.05, 4.69) is 0 Å². The van der Waals surface area contributed by atoms with Gasteiger partial charge in [-0.2, -0.15) is 5.26 Å². The maximum Gasteiger partial charge on any atom is 0.176 e. The standard InChI is InChI=1S/C17H16N2O/c1-19(12-15-5-3-2-4-6-15)13-17(20)16-9-7-14(11-18)8-10-16/h2-10H,12-13H2,1H3. The van der Waals surface area contributed by atoms with E-state index in [1.165, 1.54) is 5.56 Å². The summed E-state index contributed by atoms with van der Waals surface area (Å²) in [4.78, 5) is 14.1. The van der Waals surface area contributed by atoms with Gasteiger partial charge in [-0.15, -0.1) is 0 Å². The Bertz CT molecular complexity index is 612. The van der Waals surface area contributed by atoms with Crippen molar-refractivity contribution in [2.45, 2.75) is 6.54 Å². The molecule has 2 rings (SSSR count). The topological polar surface area (TPSA) is 44.1 Å². The van der Waals surface area contributed by atoms with Crippen molar-refractivity contribution in [3.63, 3.8) is 0 Å². The van der Waals surface area contributed by atoms with E-state index in [1.54, 1.807) is 24.3 Å². The van der Waals surface area contributed by atoms with Crippen LogP contribution in [0, 0.1) is 11.3 Å². The Hall–Kier alpha value is -2.44. The van der Waals surface area contributed by atoms with Crippen LogP contribution in [0.1, 0.15) is 21.5 Å². The van der Waals surface area contributed by atoms with Gasteiger partial charge in [0.05, 0.1) is 18.2 Å². The lowest BCUT2D eigenvalue weighted by atomic mass is 10.1. The van der Waals surface area contributed by atoms with E-state index >= 15 is 0 Å². The highest BCUT2D eigenvalue weighted by molar-refractivity contribution is 5.97. The van der Waals surface area contributed by atoms with Crippen LogP contribution in [0.4, 0.5) is 0 Å². The number of carbonyl (C=O) groups excluding carboxylic acids is 1. The van der Waals surface area contributed by atoms with Crippen LogP contribution in [-0.2, 0) is 6.54 Å². The maximum absolute atomic E-state index is 12.1. The number of rotatable bonds is 5. The predicted molar refractivity (Wildman–Crippen MR) is 78.3 cm³/mol. The molecule has 0 spiro atoms. The lowest BCUT2D eigenvalue weighted by Gasteiger charge is -2.15. The number of hydrogen-bond acceptors (Lipinski definition) is 3. The first kappa shape index (κ1) is 14.0. The van der Waals surface area contributed by atoms with Crippen LogP contribution in [0.5, 0.6) is 0 Å². The third-order valence-electron chi connectivity index (χ3n) is 3.04. The fourth-order valence-electron chi connectivity index (χ4n) is 2.02. The minimum Gasteiger partial charge on any atom is -0.295 e. The molecule has 0 atom stereocenters. The fraction of sp³-hybridized carbons (Fsp3) is 0.176. The van der Waals surface area contributed by atoms with E-state index in [4.69, 9.17) is 5.26 Å². The average molecular weight is 264 g/mol. The van der Waals surface area contributed by atoms with E-state index in [1.807, 2.05) is 48.3 Å². The van der Waals surface area contributed by atoms with Crippen molar-refractivity contribution in [3.05, 3.63) is 71.3 Å². The number of nitriles is 1. The van der Waals surface area contributed by atoms with Crippen LogP contribution in [0.3, 0.4) is 0 Å². The summed E-state index contributed by atoms with van der Waals surface area (Å²) in [6.07, 6.45) is 0. The Kier molecular flexibility index (Phi) is 4.65. The molecule has 0 unspecified atom stereocenters. The summed E-state index contributed by atoms with van der Waals surface area (Å²) in [5, 5.41) is 8.73. The zero-order valence-corrected chi connectivity index (χ0v) is 11.4. The molecule has 0 aromatic heterocycles. The minimum atomic E-state index is 0.0629. The zero-order chi connectivity index (χ0) is 14.4. The Morgan fingerprint density at radius 3 is 2.35 bits per heavy atom. The molecule has 0 aliphatic carbocycles. The van der Waals surface area contributed by atoms with Crippen molar-refractivity contribution in [2.24, 2.45) is 0 Å². The van der Waals surface area contributed by atoms with E-state index < -0.39 is 0 Å². The fourth-order valence-corrected chi connectivity index (χ4v) is 2.02. The largest absolute Gasteiger partial charge is 0.295 e. The van der Waals surface area contributed by atoms with Gasteiger partial charge in [0.2, 0.25) is 0 Å². The van der Waals surface area contributed by atoms with Gasteiger partial charge in [-0.3, -0.25) is 9.69 Å². The van der Waals surface area contributed by atoms with Gasteiger partial charge in [0, 0.05) is 12.1 Å². The second-order valence-electron chi connectivity index (χ2n) is 4.77. The van der Waals surface area contributed by atoms with Crippen LogP contribution in [0.2, 0.25) is 0 Å². The van der Waals surface area contributed by atoms with Gasteiger partial charge in [0.25, 0.3) is 0 Å². The second-order valence-corrected chi connectivity index (χ2v) is 4.77. The highest BCUT2D eigenvalue weighted by Gasteiger charge is 2.09. The summed E-state index contributed by atoms with van der Waals surface area (Å²) < 4.78 is 0. The Morgan fingerprint density at radius 1 is 1.10 bits per heavy atom. The van der Waals surface area contributed by atoms with Gasteiger partial charge >= 0.3 is 0 Å². The summed E-state index contributed by atoms with van der Waals surface area (Å²) in [7, 11) is 1.93. The first-order valence-electron chi connectivity index (χ1n) is 6.45. The van der Waals surface area contributed by atoms with Crippen molar-refractivity contribution in [2.75, 3.05) is 13.6 Å². The number of carbonyl (C=O) groups is 1. The molecule has 100 valence electrons. The molecule has 0 aliphatic rings. The second kappa shape index (κ2) is 6.65. The SMILES string of the molecule is CN(CC(=O)c1ccc(C#N)cc1)Cc1ccccc1. The molecule has 0 fully saturated rings. The van der Waals surface area contributed by atoms with Crippen molar-refractivity contribution in [1.82, 2.24) is 4.90 Å². The molecule has 2 aromatic rings. The first-order valence-corrected chi connectivity index (χ1v) is 6.45. The van der Waals surface area contributed by atoms with Crippen LogP contribution >= 0.6 is 0 Å². The lowest BCUT2D eigenvalue weighted by Crippen LogP contribution is -2.25. The third-order valence-corrected chi connectivity index (χ3v) is 3.04. The smallest absolute Gasteiger partial charge is 0.176 e. The molecule has 0 N–H and O–H groups in total. The monoisotopic (exact) mass is 264 g/mol. The molecule has 0 aliphatic heterocycles. The highest BCUT2D eigenvalue weighted by atomic mass is 16.1. The Labute approximate surface area is 119 Å². The van der Waals surface area contributed by atoms with Crippen molar-refractivity contribution in [1.29, 1.82) is 5.26 Å². The van der Waals surface area contributed by atoms with Crippen molar-refractivity contribution >= 4 is 5.78 Å². The predicted octanol–water partition coefficient (Wildman–Crippen LogP) is 2.87. The van der Waals surface area contributed by atoms with Crippen LogP contribution in [0.25, 0.3) is 0 Å². The molecule has 0 amide bonds. The third kappa shape index (κ3) is 3.78. The normalized spacial score (nSPS) is 10.2. The summed E-state index contributed by atoms with van der Waals surface area (Å²) in [5.74, 6) is 0.0629. The average Bonchev–Trinajstić information content (AvgIpc) is 2.48. The highest BCUT2D eigenvalue weighted by Crippen LogP contribution is 2.07. The lowest BCUT2D eigenvalue weighted by molar-refractivity contribution is 0.0943. The molecule has 0 saturated carbocycles. The van der Waals surface area contributed by atoms with E-state index in [0.29, 0.717) is 17.7 Å². The Morgan fingerprint density at radius 2 is 1.75 bits per heavy atom. The van der Waals surface area contributed by atoms with E-state index in [-0.39, 0.29) is 5.78 Å². The Balaban J connectivity index is 1.95. The summed E-state index contributed by atoms with van der Waals surface area (Å²) in [6.45, 7) is 1.10. The molecule has 0 saturated heterocycles. The molecule has 0 bridgehead atoms. The van der Waals surface area contributed by atoms with Gasteiger partial charge in [0.1, 0.15) is 0 Å². The molecule has 2 aromatic carbocycles. The number of benzene rings is 2. The summed E-state index contributed by atoms with van der Waals surface area (Å²) in [6, 6.07) is 18.8. The molecular weight excluding hydrogens is 248 g/mol. The summed E-state index contributed by atoms with van der Waals surface area (Å²) >= 11 is 0. The number of ketones is 1.